The Labute approximate surface area is 947 Å². The fraction of sp³-hybridized carbons (Fsp3) is 1.00. The summed E-state index contributed by atoms with van der Waals surface area (Å²) in [6, 6.07) is 0. The van der Waals surface area contributed by atoms with Crippen LogP contribution in [-0.2, 0) is 33.2 Å². The summed E-state index contributed by atoms with van der Waals surface area (Å²) < 4.78 is 56.3. The number of unbranched alkanes of at least 4 members (excludes halogenated alkanes) is 114. The van der Waals surface area contributed by atoms with Crippen LogP contribution < -0.4 is 0 Å². The van der Waals surface area contributed by atoms with Crippen molar-refractivity contribution >= 4 is 0 Å². The van der Waals surface area contributed by atoms with Crippen molar-refractivity contribution in [2.75, 3.05) is 46.2 Å². The molecule has 0 aliphatic heterocycles. The monoisotopic (exact) mass is 2120 g/mol. The van der Waals surface area contributed by atoms with Crippen LogP contribution in [0.15, 0.2) is 0 Å². The maximum Gasteiger partial charge on any atom is 0.344 e. The minimum Gasteiger partial charge on any atom is -0.372 e. The van der Waals surface area contributed by atoms with E-state index in [1.165, 1.54) is 681 Å². The number of rotatable bonds is 140. The molecule has 0 saturated heterocycles. The lowest BCUT2D eigenvalue weighted by atomic mass is 9.90. The average molecular weight is 2120 g/mol. The zero-order valence-electron chi connectivity index (χ0n) is 105. The van der Waals surface area contributed by atoms with Gasteiger partial charge in [0, 0.05) is 6.61 Å². The van der Waals surface area contributed by atoms with Crippen LogP contribution in [0.5, 0.6) is 0 Å². The lowest BCUT2D eigenvalue weighted by molar-refractivity contribution is -0.555. The van der Waals surface area contributed by atoms with E-state index in [0.717, 1.165) is 103 Å². The molecule has 0 aliphatic carbocycles. The van der Waals surface area contributed by atoms with Gasteiger partial charge in [0.25, 0.3) is 5.79 Å². The Bertz CT molecular complexity index is 2230. The van der Waals surface area contributed by atoms with Gasteiger partial charge in [0.2, 0.25) is 0 Å². The van der Waals surface area contributed by atoms with Crippen LogP contribution >= 0.6 is 0 Å². The molecule has 0 fully saturated rings. The maximum absolute atomic E-state index is 15.4. The molecule has 1 atom stereocenters. The van der Waals surface area contributed by atoms with Crippen LogP contribution in [0.3, 0.4) is 0 Å². The second-order valence-electron chi connectivity index (χ2n) is 49.4. The van der Waals surface area contributed by atoms with Crippen LogP contribution in [0.4, 0.5) is 0 Å². The number of ether oxygens (including phenoxy) is 7. The molecule has 0 aromatic carbocycles. The lowest BCUT2D eigenvalue weighted by Crippen LogP contribution is -2.78. The molecule has 0 amide bonds. The third-order valence-corrected chi connectivity index (χ3v) is 34.3. The van der Waals surface area contributed by atoms with Crippen molar-refractivity contribution in [3.63, 3.8) is 0 Å². The van der Waals surface area contributed by atoms with E-state index in [2.05, 4.69) is 55.4 Å². The fourth-order valence-corrected chi connectivity index (χ4v) is 23.8. The van der Waals surface area contributed by atoms with Crippen LogP contribution in [0.25, 0.3) is 0 Å². The molecule has 0 aliphatic rings. The van der Waals surface area contributed by atoms with Gasteiger partial charge in [-0.05, 0) is 51.4 Å². The molecule has 0 saturated carbocycles. The summed E-state index contributed by atoms with van der Waals surface area (Å²) in [5.41, 5.74) is 0. The second-order valence-corrected chi connectivity index (χ2v) is 49.4. The van der Waals surface area contributed by atoms with Gasteiger partial charge in [-0.25, -0.2) is 0 Å². The molecule has 0 radical (unpaired) electrons. The van der Waals surface area contributed by atoms with E-state index >= 15 is 5.11 Å². The summed E-state index contributed by atoms with van der Waals surface area (Å²) in [4.78, 5) is 0. The van der Waals surface area contributed by atoms with Crippen molar-refractivity contribution < 1.29 is 38.3 Å². The van der Waals surface area contributed by atoms with Crippen molar-refractivity contribution in [1.82, 2.24) is 0 Å². The average Bonchev–Trinajstić information content (AvgIpc) is 0.713. The molecule has 8 nitrogen and oxygen atoms in total. The molecule has 0 rings (SSSR count). The molecule has 0 heterocycles. The van der Waals surface area contributed by atoms with Gasteiger partial charge >= 0.3 is 11.8 Å². The highest BCUT2D eigenvalue weighted by atomic mass is 16.9. The number of aliphatic hydroxyl groups is 1. The summed E-state index contributed by atoms with van der Waals surface area (Å²) in [7, 11) is 0. The molecule has 0 aromatic heterocycles. The van der Waals surface area contributed by atoms with Gasteiger partial charge in [0.1, 0.15) is 6.10 Å². The largest absolute Gasteiger partial charge is 0.372 e. The highest BCUT2D eigenvalue weighted by Crippen LogP contribution is 2.49. The molecule has 902 valence electrons. The molecule has 8 heteroatoms. The van der Waals surface area contributed by atoms with E-state index in [9.17, 15) is 0 Å². The third-order valence-electron chi connectivity index (χ3n) is 34.3. The Morgan fingerprint density at radius 1 is 0.120 bits per heavy atom. The highest BCUT2D eigenvalue weighted by Gasteiger charge is 2.74. The molecule has 1 N–H and O–H groups in total. The Morgan fingerprint density at radius 2 is 0.227 bits per heavy atom. The first-order valence-electron chi connectivity index (χ1n) is 71.6. The van der Waals surface area contributed by atoms with Crippen molar-refractivity contribution in [2.24, 2.45) is 0 Å². The Hall–Kier alpha value is -0.320. The van der Waals surface area contributed by atoms with E-state index in [-0.39, 0.29) is 0 Å². The lowest BCUT2D eigenvalue weighted by Gasteiger charge is -2.56. The first kappa shape index (κ1) is 150. The van der Waals surface area contributed by atoms with Crippen molar-refractivity contribution in [1.29, 1.82) is 0 Å². The second kappa shape index (κ2) is 130. The highest BCUT2D eigenvalue weighted by molar-refractivity contribution is 5.03. The van der Waals surface area contributed by atoms with Gasteiger partial charge < -0.3 is 38.3 Å². The summed E-state index contributed by atoms with van der Waals surface area (Å²) in [5.74, 6) is -6.23. The van der Waals surface area contributed by atoms with Crippen LogP contribution in [0.1, 0.15) is 845 Å². The first-order valence-corrected chi connectivity index (χ1v) is 71.6. The zero-order chi connectivity index (χ0) is 108. The van der Waals surface area contributed by atoms with E-state index in [4.69, 9.17) is 33.2 Å². The van der Waals surface area contributed by atoms with Gasteiger partial charge in [0.15, 0.2) is 0 Å². The summed E-state index contributed by atoms with van der Waals surface area (Å²) >= 11 is 0. The number of hydrogen-bond acceptors (Lipinski definition) is 8. The van der Waals surface area contributed by atoms with E-state index in [1.54, 1.807) is 0 Å². The zero-order valence-corrected chi connectivity index (χ0v) is 105. The fourth-order valence-electron chi connectivity index (χ4n) is 23.8. The van der Waals surface area contributed by atoms with E-state index in [1.807, 2.05) is 0 Å². The topological polar surface area (TPSA) is 84.8 Å². The van der Waals surface area contributed by atoms with Gasteiger partial charge in [-0.1, -0.05) is 794 Å². The molecule has 0 aromatic rings. The Kier molecular flexibility index (Phi) is 130. The van der Waals surface area contributed by atoms with Gasteiger partial charge in [-0.15, -0.1) is 0 Å². The Balaban J connectivity index is 8.84. The van der Waals surface area contributed by atoms with Crippen LogP contribution in [0, 0.1) is 0 Å². The maximum atomic E-state index is 15.4. The summed E-state index contributed by atoms with van der Waals surface area (Å²) in [6.45, 7) is 21.6. The normalized spacial score (nSPS) is 12.5. The van der Waals surface area contributed by atoms with Gasteiger partial charge in [0.05, 0.1) is 39.6 Å². The Morgan fingerprint density at radius 3 is 0.367 bits per heavy atom. The van der Waals surface area contributed by atoms with Crippen molar-refractivity contribution in [3.8, 4) is 0 Å². The van der Waals surface area contributed by atoms with Crippen LogP contribution in [-0.4, -0.2) is 75.0 Å². The van der Waals surface area contributed by atoms with Gasteiger partial charge in [-0.2, -0.15) is 0 Å². The molecule has 1 unspecified atom stereocenters. The minimum absolute atomic E-state index is 0.331. The first-order chi connectivity index (χ1) is 74.4. The molecule has 150 heavy (non-hydrogen) atoms. The predicted octanol–water partition coefficient (Wildman–Crippen LogP) is 50.7. The SMILES string of the molecule is CCCCCCCCCCCCCCCCCCOC(CCCCCCCCCCCC)C(OCCCCCCCCCCCCCCCCCC)(OCCCCCCCCCCCCCCCCCC)C(OCCCCCCCCCCCCCCCCCC)(OCCCCCCCCCCCCCCCCCC)C(O)(OCCCCCCCCCCCCCCCCCC)OCCCCCCCCCCCCCCCCCC. The minimum atomic E-state index is -2.40. The number of hydrogen-bond donors (Lipinski definition) is 1. The quantitative estimate of drug-likeness (QED) is 0.0476. The molecule has 0 bridgehead atoms. The van der Waals surface area contributed by atoms with Crippen molar-refractivity contribution in [2.45, 2.75) is 869 Å². The predicted molar refractivity (Wildman–Crippen MR) is 669 cm³/mol. The molecule has 0 spiro atoms. The standard InChI is InChI=1S/C142H286O8/c1-9-17-25-33-41-49-57-64-71-78-85-92-100-108-116-124-132-144-139(131-123-115-107-99-56-48-40-32-24-16-8)140(145-133-125-117-109-101-93-86-79-72-65-58-50-42-34-26-18-10-2,146-134-126-118-110-102-94-87-80-73-66-59-51-43-35-27-19-11-3)141(147-135-127-119-111-103-95-88-81-74-67-60-52-44-36-28-20-12-4,148-136-128-120-112-104-96-89-82-75-68-61-53-45-37-29-21-13-5)142(143,149-137-129-121-113-105-97-90-83-76-69-62-54-46-38-30-22-14-6)150-138-130-122-114-106-98-91-84-77-70-63-55-47-39-31-23-15-7/h139,143H,9-138H2,1-8H3. The summed E-state index contributed by atoms with van der Waals surface area (Å²) in [5, 5.41) is 15.4. The summed E-state index contributed by atoms with van der Waals surface area (Å²) in [6.07, 6.45) is 160. The van der Waals surface area contributed by atoms with Gasteiger partial charge in [-0.3, -0.25) is 0 Å². The van der Waals surface area contributed by atoms with Crippen LogP contribution in [0.2, 0.25) is 0 Å². The van der Waals surface area contributed by atoms with Crippen molar-refractivity contribution in [3.05, 3.63) is 0 Å². The smallest absolute Gasteiger partial charge is 0.344 e. The van der Waals surface area contributed by atoms with E-state index in [0.29, 0.717) is 52.7 Å². The third kappa shape index (κ3) is 104. The molecular formula is C142H286O8. The molecular weight excluding hydrogens is 1830 g/mol. The van der Waals surface area contributed by atoms with E-state index < -0.39 is 23.7 Å².